The lowest BCUT2D eigenvalue weighted by molar-refractivity contribution is -0.118. The Morgan fingerprint density at radius 2 is 2.11 bits per heavy atom. The van der Waals surface area contributed by atoms with Gasteiger partial charge in [0.05, 0.1) is 5.69 Å². The van der Waals surface area contributed by atoms with Gasteiger partial charge in [-0.3, -0.25) is 9.78 Å². The largest absolute Gasteiger partial charge is 0.481 e. The van der Waals surface area contributed by atoms with Gasteiger partial charge in [0.2, 0.25) is 0 Å². The summed E-state index contributed by atoms with van der Waals surface area (Å²) in [5.74, 6) is 0.282. The van der Waals surface area contributed by atoms with Crippen molar-refractivity contribution in [2.24, 2.45) is 0 Å². The van der Waals surface area contributed by atoms with Crippen LogP contribution in [0, 0.1) is 0 Å². The number of anilines is 3. The molecule has 3 amide bonds. The molecule has 0 spiro atoms. The van der Waals surface area contributed by atoms with Crippen molar-refractivity contribution in [3.05, 3.63) is 41.1 Å². The topological polar surface area (TPSA) is 86.8 Å². The summed E-state index contributed by atoms with van der Waals surface area (Å²) in [6, 6.07) is 7.28. The molecule has 2 aromatic rings. The summed E-state index contributed by atoms with van der Waals surface area (Å²) >= 11 is 3.42. The minimum Gasteiger partial charge on any atom is -0.481 e. The van der Waals surface area contributed by atoms with Crippen LogP contribution in [0.1, 0.15) is 6.92 Å². The Morgan fingerprint density at radius 1 is 1.32 bits per heavy atom. The van der Waals surface area contributed by atoms with E-state index < -0.39 is 0 Å². The summed E-state index contributed by atoms with van der Waals surface area (Å²) < 4.78 is 6.21. The number of amides is 3. The zero-order chi connectivity index (χ0) is 19.7. The molecule has 0 bridgehead atoms. The molecular weight excluding hydrogens is 426 g/mol. The number of hydrogen-bond donors (Lipinski definition) is 2. The molecule has 3 heterocycles. The summed E-state index contributed by atoms with van der Waals surface area (Å²) in [7, 11) is 0. The van der Waals surface area contributed by atoms with Crippen LogP contribution in [-0.4, -0.2) is 54.1 Å². The first-order valence-corrected chi connectivity index (χ1v) is 9.79. The van der Waals surface area contributed by atoms with Crippen LogP contribution in [0.5, 0.6) is 5.75 Å². The summed E-state index contributed by atoms with van der Waals surface area (Å²) in [5.41, 5.74) is 2.09. The van der Waals surface area contributed by atoms with E-state index in [1.165, 1.54) is 0 Å². The van der Waals surface area contributed by atoms with Crippen LogP contribution in [-0.2, 0) is 4.79 Å². The molecule has 1 saturated heterocycles. The third-order valence-corrected chi connectivity index (χ3v) is 5.31. The maximum absolute atomic E-state index is 12.9. The van der Waals surface area contributed by atoms with Gasteiger partial charge in [-0.25, -0.2) is 4.79 Å². The van der Waals surface area contributed by atoms with Gasteiger partial charge < -0.3 is 25.2 Å². The van der Waals surface area contributed by atoms with E-state index in [-0.39, 0.29) is 24.6 Å². The SMILES string of the molecule is CC1CN(c2ccncc2)CCN1C(=O)Nc1cc(Br)cc2c1NC(=O)CO2. The molecule has 2 aliphatic heterocycles. The second-order valence-corrected chi connectivity index (χ2v) is 7.70. The molecule has 0 radical (unpaired) electrons. The second kappa shape index (κ2) is 7.67. The van der Waals surface area contributed by atoms with Crippen LogP contribution in [0.15, 0.2) is 41.1 Å². The number of benzene rings is 1. The van der Waals surface area contributed by atoms with Crippen LogP contribution >= 0.6 is 15.9 Å². The molecule has 1 unspecified atom stereocenters. The molecule has 1 aromatic carbocycles. The number of aromatic nitrogens is 1. The van der Waals surface area contributed by atoms with Gasteiger partial charge in [0, 0.05) is 48.2 Å². The van der Waals surface area contributed by atoms with Crippen molar-refractivity contribution >= 4 is 44.9 Å². The minimum absolute atomic E-state index is 0.0238. The second-order valence-electron chi connectivity index (χ2n) is 6.79. The zero-order valence-electron chi connectivity index (χ0n) is 15.3. The Hall–Kier alpha value is -2.81. The lowest BCUT2D eigenvalue weighted by Crippen LogP contribution is -2.55. The van der Waals surface area contributed by atoms with Gasteiger partial charge in [0.1, 0.15) is 11.4 Å². The predicted molar refractivity (Wildman–Crippen MR) is 110 cm³/mol. The average Bonchev–Trinajstić information content (AvgIpc) is 2.69. The van der Waals surface area contributed by atoms with E-state index in [1.807, 2.05) is 19.1 Å². The fraction of sp³-hybridized carbons (Fsp3) is 0.316. The van der Waals surface area contributed by atoms with Crippen LogP contribution < -0.4 is 20.3 Å². The van der Waals surface area contributed by atoms with Gasteiger partial charge in [-0.1, -0.05) is 15.9 Å². The molecule has 8 nitrogen and oxygen atoms in total. The van der Waals surface area contributed by atoms with Crippen molar-refractivity contribution in [3.8, 4) is 5.75 Å². The van der Waals surface area contributed by atoms with Crippen molar-refractivity contribution in [1.82, 2.24) is 9.88 Å². The Balaban J connectivity index is 1.48. The maximum atomic E-state index is 12.9. The van der Waals surface area contributed by atoms with Crippen LogP contribution in [0.2, 0.25) is 0 Å². The smallest absolute Gasteiger partial charge is 0.322 e. The summed E-state index contributed by atoms with van der Waals surface area (Å²) in [6.07, 6.45) is 3.54. The lowest BCUT2D eigenvalue weighted by atomic mass is 10.1. The number of rotatable bonds is 2. The molecule has 1 fully saturated rings. The van der Waals surface area contributed by atoms with Crippen LogP contribution in [0.25, 0.3) is 0 Å². The normalized spacial score (nSPS) is 18.8. The fourth-order valence-corrected chi connectivity index (χ4v) is 3.91. The first-order chi connectivity index (χ1) is 13.5. The average molecular weight is 446 g/mol. The van der Waals surface area contributed by atoms with Gasteiger partial charge in [-0.15, -0.1) is 0 Å². The summed E-state index contributed by atoms with van der Waals surface area (Å²) in [5, 5.41) is 5.69. The van der Waals surface area contributed by atoms with E-state index in [9.17, 15) is 9.59 Å². The summed E-state index contributed by atoms with van der Waals surface area (Å²) in [6.45, 7) is 4.04. The number of ether oxygens (including phenoxy) is 1. The number of urea groups is 1. The molecule has 146 valence electrons. The number of pyridine rings is 1. The Morgan fingerprint density at radius 3 is 2.86 bits per heavy atom. The third kappa shape index (κ3) is 3.75. The van der Waals surface area contributed by atoms with E-state index in [0.29, 0.717) is 23.7 Å². The van der Waals surface area contributed by atoms with E-state index in [2.05, 4.69) is 36.4 Å². The molecule has 1 aromatic heterocycles. The number of hydrogen-bond acceptors (Lipinski definition) is 5. The van der Waals surface area contributed by atoms with E-state index in [0.717, 1.165) is 23.2 Å². The maximum Gasteiger partial charge on any atom is 0.322 e. The van der Waals surface area contributed by atoms with E-state index in [4.69, 9.17) is 4.74 Å². The number of nitrogens with one attached hydrogen (secondary N) is 2. The number of carbonyl (C=O) groups is 2. The van der Waals surface area contributed by atoms with Gasteiger partial charge >= 0.3 is 6.03 Å². The highest BCUT2D eigenvalue weighted by Gasteiger charge is 2.29. The highest BCUT2D eigenvalue weighted by molar-refractivity contribution is 9.10. The van der Waals surface area contributed by atoms with Gasteiger partial charge in [-0.2, -0.15) is 0 Å². The monoisotopic (exact) mass is 445 g/mol. The van der Waals surface area contributed by atoms with Crippen molar-refractivity contribution < 1.29 is 14.3 Å². The molecular formula is C19H20BrN5O3. The van der Waals surface area contributed by atoms with Crippen molar-refractivity contribution in [1.29, 1.82) is 0 Å². The Kier molecular flexibility index (Phi) is 5.08. The van der Waals surface area contributed by atoms with E-state index in [1.54, 1.807) is 29.4 Å². The molecule has 1 atom stereocenters. The molecule has 9 heteroatoms. The molecule has 0 aliphatic carbocycles. The first kappa shape index (κ1) is 18.5. The molecule has 4 rings (SSSR count). The van der Waals surface area contributed by atoms with Crippen molar-refractivity contribution in [2.45, 2.75) is 13.0 Å². The summed E-state index contributed by atoms with van der Waals surface area (Å²) in [4.78, 5) is 32.7. The predicted octanol–water partition coefficient (Wildman–Crippen LogP) is 2.92. The van der Waals surface area contributed by atoms with E-state index >= 15 is 0 Å². The quantitative estimate of drug-likeness (QED) is 0.741. The number of carbonyl (C=O) groups excluding carboxylic acids is 2. The Bertz CT molecular complexity index is 908. The standard InChI is InChI=1S/C19H20BrN5O3/c1-12-10-24(14-2-4-21-5-3-14)6-7-25(12)19(27)22-15-8-13(20)9-16-18(15)23-17(26)11-28-16/h2-5,8-9,12H,6-7,10-11H2,1H3,(H,22,27)(H,23,26). The van der Waals surface area contributed by atoms with Gasteiger partial charge in [0.25, 0.3) is 5.91 Å². The van der Waals surface area contributed by atoms with Gasteiger partial charge in [-0.05, 0) is 31.2 Å². The molecule has 2 N–H and O–H groups in total. The zero-order valence-corrected chi connectivity index (χ0v) is 16.9. The molecule has 2 aliphatic rings. The number of nitrogens with zero attached hydrogens (tertiary/aromatic N) is 3. The minimum atomic E-state index is -0.246. The third-order valence-electron chi connectivity index (χ3n) is 4.85. The molecule has 0 saturated carbocycles. The van der Waals surface area contributed by atoms with Gasteiger partial charge in [0.15, 0.2) is 6.61 Å². The van der Waals surface area contributed by atoms with Crippen molar-refractivity contribution in [2.75, 3.05) is 41.8 Å². The first-order valence-electron chi connectivity index (χ1n) is 9.00. The lowest BCUT2D eigenvalue weighted by Gasteiger charge is -2.41. The van der Waals surface area contributed by atoms with Crippen LogP contribution in [0.3, 0.4) is 0 Å². The number of piperazine rings is 1. The highest BCUT2D eigenvalue weighted by atomic mass is 79.9. The van der Waals surface area contributed by atoms with Crippen molar-refractivity contribution in [3.63, 3.8) is 0 Å². The Labute approximate surface area is 171 Å². The molecule has 28 heavy (non-hydrogen) atoms. The number of halogens is 1. The number of fused-ring (bicyclic) bond motifs is 1. The highest BCUT2D eigenvalue weighted by Crippen LogP contribution is 2.38. The fourth-order valence-electron chi connectivity index (χ4n) is 3.48. The van der Waals surface area contributed by atoms with Crippen LogP contribution in [0.4, 0.5) is 21.9 Å².